The Labute approximate surface area is 150 Å². The lowest BCUT2D eigenvalue weighted by atomic mass is 10.1. The van der Waals surface area contributed by atoms with Gasteiger partial charge in [0, 0.05) is 5.38 Å². The highest BCUT2D eigenvalue weighted by atomic mass is 35.5. The Morgan fingerprint density at radius 1 is 1.29 bits per heavy atom. The number of halogens is 1. The summed E-state index contributed by atoms with van der Waals surface area (Å²) in [4.78, 5) is 11.9. The summed E-state index contributed by atoms with van der Waals surface area (Å²) in [6.07, 6.45) is 0.176. The third-order valence-corrected chi connectivity index (χ3v) is 4.39. The predicted octanol–water partition coefficient (Wildman–Crippen LogP) is 3.55. The molecule has 0 unspecified atom stereocenters. The number of anilines is 2. The number of benzene rings is 1. The van der Waals surface area contributed by atoms with Gasteiger partial charge in [0.05, 0.1) is 42.6 Å². The van der Waals surface area contributed by atoms with Crippen LogP contribution in [0.2, 0.25) is 5.02 Å². The number of thiophene rings is 1. The largest absolute Gasteiger partial charge is 0.463 e. The Kier molecular flexibility index (Phi) is 7.52. The number of aliphatic hydroxyl groups is 1. The molecule has 2 aromatic rings. The maximum atomic E-state index is 11.9. The summed E-state index contributed by atoms with van der Waals surface area (Å²) in [5, 5.41) is 16.4. The zero-order chi connectivity index (χ0) is 17.4. The lowest BCUT2D eigenvalue weighted by Gasteiger charge is -2.12. The second kappa shape index (κ2) is 9.64. The van der Waals surface area contributed by atoms with Crippen LogP contribution in [-0.2, 0) is 20.7 Å². The first-order chi connectivity index (χ1) is 11.6. The van der Waals surface area contributed by atoms with Crippen molar-refractivity contribution in [3.8, 4) is 0 Å². The second-order valence-electron chi connectivity index (χ2n) is 5.10. The Bertz CT molecular complexity index is 654. The molecule has 2 rings (SSSR count). The van der Waals surface area contributed by atoms with E-state index in [0.29, 0.717) is 5.02 Å². The molecule has 0 radical (unpaired) electrons. The highest BCUT2D eigenvalue weighted by molar-refractivity contribution is 7.08. The van der Waals surface area contributed by atoms with Crippen LogP contribution in [0.25, 0.3) is 0 Å². The molecule has 0 bridgehead atoms. The topological polar surface area (TPSA) is 67.8 Å². The molecular weight excluding hydrogens is 350 g/mol. The van der Waals surface area contributed by atoms with Crippen LogP contribution in [0.1, 0.15) is 11.1 Å². The normalized spacial score (nSPS) is 10.6. The third-order valence-electron chi connectivity index (χ3n) is 3.28. The van der Waals surface area contributed by atoms with Gasteiger partial charge in [-0.2, -0.15) is 0 Å². The standard InChI is InChI=1S/C17H20ClNO4S/c1-12-3-2-4-14(18)17(12)19-15-11-24-10-13(15)9-16(21)23-8-7-22-6-5-20/h2-4,10-11,19-20H,5-9H2,1H3. The van der Waals surface area contributed by atoms with Gasteiger partial charge in [-0.05, 0) is 29.5 Å². The zero-order valence-corrected chi connectivity index (χ0v) is 15.0. The first-order valence-corrected chi connectivity index (χ1v) is 8.85. The number of rotatable bonds is 9. The van der Waals surface area contributed by atoms with E-state index in [-0.39, 0.29) is 38.8 Å². The molecule has 0 aliphatic rings. The van der Waals surface area contributed by atoms with Gasteiger partial charge in [-0.3, -0.25) is 4.79 Å². The van der Waals surface area contributed by atoms with Crippen molar-refractivity contribution in [2.24, 2.45) is 0 Å². The summed E-state index contributed by atoms with van der Waals surface area (Å²) < 4.78 is 10.2. The van der Waals surface area contributed by atoms with Crippen LogP contribution in [0.15, 0.2) is 29.0 Å². The van der Waals surface area contributed by atoms with Crippen molar-refractivity contribution in [1.29, 1.82) is 0 Å². The number of ether oxygens (including phenoxy) is 2. The van der Waals surface area contributed by atoms with E-state index in [1.165, 1.54) is 11.3 Å². The number of aliphatic hydroxyl groups excluding tert-OH is 1. The Hall–Kier alpha value is -1.60. The fourth-order valence-electron chi connectivity index (χ4n) is 2.08. The van der Waals surface area contributed by atoms with Crippen molar-refractivity contribution in [2.75, 3.05) is 31.7 Å². The van der Waals surface area contributed by atoms with Crippen molar-refractivity contribution in [1.82, 2.24) is 0 Å². The van der Waals surface area contributed by atoms with Gasteiger partial charge >= 0.3 is 5.97 Å². The number of hydrogen-bond donors (Lipinski definition) is 2. The molecule has 24 heavy (non-hydrogen) atoms. The molecule has 0 amide bonds. The molecule has 0 saturated heterocycles. The van der Waals surface area contributed by atoms with Gasteiger partial charge in [0.1, 0.15) is 6.61 Å². The number of nitrogens with one attached hydrogen (secondary N) is 1. The minimum absolute atomic E-state index is 0.0423. The SMILES string of the molecule is Cc1cccc(Cl)c1Nc1cscc1CC(=O)OCCOCCO. The fraction of sp³-hybridized carbons (Fsp3) is 0.353. The molecule has 1 heterocycles. The van der Waals surface area contributed by atoms with Gasteiger partial charge < -0.3 is 19.9 Å². The lowest BCUT2D eigenvalue weighted by molar-refractivity contribution is -0.144. The van der Waals surface area contributed by atoms with Crippen LogP contribution in [0.5, 0.6) is 0 Å². The van der Waals surface area contributed by atoms with Crippen LogP contribution < -0.4 is 5.32 Å². The van der Waals surface area contributed by atoms with Crippen molar-refractivity contribution in [2.45, 2.75) is 13.3 Å². The first-order valence-electron chi connectivity index (χ1n) is 7.53. The van der Waals surface area contributed by atoms with Gasteiger partial charge in [0.15, 0.2) is 0 Å². The average Bonchev–Trinajstić information content (AvgIpc) is 2.98. The number of aryl methyl sites for hydroxylation is 1. The summed E-state index contributed by atoms with van der Waals surface area (Å²) in [5.41, 5.74) is 3.58. The van der Waals surface area contributed by atoms with Crippen molar-refractivity contribution in [3.63, 3.8) is 0 Å². The molecule has 7 heteroatoms. The maximum absolute atomic E-state index is 11.9. The molecule has 0 aliphatic carbocycles. The number of carbonyl (C=O) groups is 1. The molecule has 5 nitrogen and oxygen atoms in total. The molecule has 0 spiro atoms. The van der Waals surface area contributed by atoms with E-state index in [4.69, 9.17) is 26.2 Å². The molecule has 0 aliphatic heterocycles. The predicted molar refractivity (Wildman–Crippen MR) is 96.4 cm³/mol. The molecule has 0 saturated carbocycles. The lowest BCUT2D eigenvalue weighted by Crippen LogP contribution is -2.14. The summed E-state index contributed by atoms with van der Waals surface area (Å²) in [7, 11) is 0. The van der Waals surface area contributed by atoms with Gasteiger partial charge in [-0.1, -0.05) is 23.7 Å². The van der Waals surface area contributed by atoms with E-state index in [1.54, 1.807) is 0 Å². The van der Waals surface area contributed by atoms with E-state index in [2.05, 4.69) is 5.32 Å². The number of para-hydroxylation sites is 1. The van der Waals surface area contributed by atoms with Crippen LogP contribution in [-0.4, -0.2) is 37.5 Å². The maximum Gasteiger partial charge on any atom is 0.310 e. The van der Waals surface area contributed by atoms with Crippen LogP contribution in [0, 0.1) is 6.92 Å². The first kappa shape index (κ1) is 18.7. The van der Waals surface area contributed by atoms with Crippen molar-refractivity contribution >= 4 is 40.3 Å². The quantitative estimate of drug-likeness (QED) is 0.522. The Morgan fingerprint density at radius 3 is 2.88 bits per heavy atom. The van der Waals surface area contributed by atoms with Crippen LogP contribution >= 0.6 is 22.9 Å². The monoisotopic (exact) mass is 369 g/mol. The minimum Gasteiger partial charge on any atom is -0.463 e. The summed E-state index contributed by atoms with van der Waals surface area (Å²) in [6, 6.07) is 5.69. The smallest absolute Gasteiger partial charge is 0.310 e. The molecule has 0 fully saturated rings. The number of carbonyl (C=O) groups excluding carboxylic acids is 1. The van der Waals surface area contributed by atoms with E-state index in [1.807, 2.05) is 35.9 Å². The second-order valence-corrected chi connectivity index (χ2v) is 6.25. The Morgan fingerprint density at radius 2 is 2.12 bits per heavy atom. The third kappa shape index (κ3) is 5.49. The van der Waals surface area contributed by atoms with Crippen LogP contribution in [0.3, 0.4) is 0 Å². The van der Waals surface area contributed by atoms with E-state index >= 15 is 0 Å². The summed E-state index contributed by atoms with van der Waals surface area (Å²) in [5.74, 6) is -0.320. The van der Waals surface area contributed by atoms with Crippen molar-refractivity contribution < 1.29 is 19.4 Å². The minimum atomic E-state index is -0.320. The molecule has 0 atom stereocenters. The number of esters is 1. The molecule has 130 valence electrons. The van der Waals surface area contributed by atoms with Gasteiger partial charge in [0.2, 0.25) is 0 Å². The molecular formula is C17H20ClNO4S. The molecule has 2 N–H and O–H groups in total. The van der Waals surface area contributed by atoms with Gasteiger partial charge in [0.25, 0.3) is 0 Å². The van der Waals surface area contributed by atoms with Gasteiger partial charge in [-0.25, -0.2) is 0 Å². The van der Waals surface area contributed by atoms with Gasteiger partial charge in [-0.15, -0.1) is 11.3 Å². The molecule has 1 aromatic heterocycles. The number of hydrogen-bond acceptors (Lipinski definition) is 6. The molecule has 1 aromatic carbocycles. The highest BCUT2D eigenvalue weighted by Crippen LogP contribution is 2.32. The highest BCUT2D eigenvalue weighted by Gasteiger charge is 2.12. The van der Waals surface area contributed by atoms with E-state index in [0.717, 1.165) is 22.5 Å². The average molecular weight is 370 g/mol. The van der Waals surface area contributed by atoms with Crippen molar-refractivity contribution in [3.05, 3.63) is 45.1 Å². The van der Waals surface area contributed by atoms with Crippen LogP contribution in [0.4, 0.5) is 11.4 Å². The Balaban J connectivity index is 1.92. The fourth-order valence-corrected chi connectivity index (χ4v) is 3.14. The zero-order valence-electron chi connectivity index (χ0n) is 13.4. The van der Waals surface area contributed by atoms with E-state index < -0.39 is 0 Å². The van der Waals surface area contributed by atoms with E-state index in [9.17, 15) is 4.79 Å². The summed E-state index contributed by atoms with van der Waals surface area (Å²) in [6.45, 7) is 2.63. The summed E-state index contributed by atoms with van der Waals surface area (Å²) >= 11 is 7.74.